The van der Waals surface area contributed by atoms with Crippen molar-refractivity contribution in [3.8, 4) is 0 Å². The zero-order valence-corrected chi connectivity index (χ0v) is 20.7. The van der Waals surface area contributed by atoms with Crippen molar-refractivity contribution in [3.05, 3.63) is 59.2 Å². The van der Waals surface area contributed by atoms with Crippen molar-refractivity contribution in [3.63, 3.8) is 0 Å². The number of anilines is 1. The van der Waals surface area contributed by atoms with E-state index in [1.165, 1.54) is 24.1 Å². The van der Waals surface area contributed by atoms with Crippen LogP contribution in [0, 0.1) is 17.7 Å². The molecule has 0 N–H and O–H groups in total. The molecule has 0 bridgehead atoms. The summed E-state index contributed by atoms with van der Waals surface area (Å²) < 4.78 is 36.7. The summed E-state index contributed by atoms with van der Waals surface area (Å²) in [5.41, 5.74) is 0.831. The molecular formula is C22H20FN3NaO4P. The van der Waals surface area contributed by atoms with E-state index >= 15 is 0 Å². The third-order valence-corrected chi connectivity index (χ3v) is 7.86. The van der Waals surface area contributed by atoms with E-state index < -0.39 is 30.9 Å². The molecule has 1 amide bonds. The van der Waals surface area contributed by atoms with Crippen LogP contribution in [0.1, 0.15) is 29.6 Å². The summed E-state index contributed by atoms with van der Waals surface area (Å²) in [7, 11) is -2.43. The smallest absolute Gasteiger partial charge is 0.438 e. The number of benzene rings is 2. The van der Waals surface area contributed by atoms with E-state index in [0.29, 0.717) is 29.1 Å². The van der Waals surface area contributed by atoms with Gasteiger partial charge in [-0.1, -0.05) is 36.9 Å². The number of ketones is 1. The van der Waals surface area contributed by atoms with Gasteiger partial charge in [-0.15, -0.1) is 0 Å². The van der Waals surface area contributed by atoms with Gasteiger partial charge in [-0.3, -0.25) is 14.2 Å². The van der Waals surface area contributed by atoms with Gasteiger partial charge in [-0.05, 0) is 42.3 Å². The van der Waals surface area contributed by atoms with Gasteiger partial charge < -0.3 is 19.5 Å². The molecule has 0 radical (unpaired) electrons. The minimum Gasteiger partial charge on any atom is -0.438 e. The first kappa shape index (κ1) is 23.3. The second-order valence-electron chi connectivity index (χ2n) is 7.94. The zero-order chi connectivity index (χ0) is 21.8. The summed E-state index contributed by atoms with van der Waals surface area (Å²) in [5.74, 6) is -2.67. The van der Waals surface area contributed by atoms with E-state index in [2.05, 4.69) is 10.1 Å². The van der Waals surface area contributed by atoms with Crippen LogP contribution < -0.4 is 39.8 Å². The number of amidine groups is 1. The molecule has 0 saturated heterocycles. The largest absolute Gasteiger partial charge is 1.00 e. The van der Waals surface area contributed by atoms with E-state index in [0.717, 1.165) is 25.3 Å². The molecule has 1 fully saturated rings. The average molecular weight is 463 g/mol. The van der Waals surface area contributed by atoms with Gasteiger partial charge in [0.15, 0.2) is 5.78 Å². The molecule has 1 saturated carbocycles. The molecule has 5 rings (SSSR count). The van der Waals surface area contributed by atoms with Gasteiger partial charge in [0.25, 0.3) is 7.52 Å². The van der Waals surface area contributed by atoms with Crippen molar-refractivity contribution in [2.45, 2.75) is 19.3 Å². The monoisotopic (exact) mass is 463 g/mol. The molecule has 2 atom stereocenters. The van der Waals surface area contributed by atoms with Crippen molar-refractivity contribution in [1.29, 1.82) is 0 Å². The molecule has 0 spiro atoms. The number of para-hydroxylation sites is 1. The predicted octanol–water partition coefficient (Wildman–Crippen LogP) is 1.36. The van der Waals surface area contributed by atoms with Crippen molar-refractivity contribution >= 4 is 41.7 Å². The predicted molar refractivity (Wildman–Crippen MR) is 115 cm³/mol. The fourth-order valence-electron chi connectivity index (χ4n) is 4.05. The van der Waals surface area contributed by atoms with Crippen LogP contribution in [0.4, 0.5) is 15.8 Å². The molecule has 160 valence electrons. The third kappa shape index (κ3) is 3.99. The molecule has 2 aromatic rings. The van der Waals surface area contributed by atoms with E-state index in [1.54, 1.807) is 24.3 Å². The van der Waals surface area contributed by atoms with Crippen LogP contribution in [0.15, 0.2) is 47.2 Å². The number of hydrogen-bond donors (Lipinski definition) is 0. The number of carbonyl (C=O) groups excluding carboxylic acids is 2. The van der Waals surface area contributed by atoms with Crippen LogP contribution in [0.25, 0.3) is 5.32 Å². The Bertz CT molecular complexity index is 1180. The first-order valence-electron chi connectivity index (χ1n) is 10.1. The molecule has 0 aromatic heterocycles. The number of hydrogen-bond acceptors (Lipinski definition) is 4. The summed E-state index contributed by atoms with van der Waals surface area (Å²) in [5, 5.41) is 4.70. The summed E-state index contributed by atoms with van der Waals surface area (Å²) in [6.45, 7) is 0.414. The Balaban J connectivity index is 0.00000245. The van der Waals surface area contributed by atoms with Crippen LogP contribution in [0.5, 0.6) is 0 Å². The molecule has 32 heavy (non-hydrogen) atoms. The fraction of sp³-hybridized carbons (Fsp3) is 0.318. The van der Waals surface area contributed by atoms with E-state index in [1.807, 2.05) is 0 Å². The Morgan fingerprint density at radius 3 is 2.69 bits per heavy atom. The van der Waals surface area contributed by atoms with Crippen molar-refractivity contribution < 1.29 is 52.6 Å². The van der Waals surface area contributed by atoms with Crippen LogP contribution in [0.3, 0.4) is 0 Å². The number of halogens is 1. The minimum absolute atomic E-state index is 0. The molecule has 10 heteroatoms. The maximum atomic E-state index is 14.0. The Kier molecular flexibility index (Phi) is 6.45. The van der Waals surface area contributed by atoms with Crippen LogP contribution in [0.2, 0.25) is 0 Å². The summed E-state index contributed by atoms with van der Waals surface area (Å²) in [4.78, 5) is 28.3. The number of Topliss-reactive ketones (excluding diaryl/α,β-unsaturated/α-hetero) is 1. The van der Waals surface area contributed by atoms with Crippen LogP contribution in [-0.2, 0) is 13.9 Å². The molecule has 2 aromatic carbocycles. The number of fused-ring (bicyclic) bond motifs is 2. The molecule has 1 aliphatic carbocycles. The first-order valence-corrected chi connectivity index (χ1v) is 11.7. The number of carbonyl (C=O) groups is 2. The maximum Gasteiger partial charge on any atom is 1.00 e. The average Bonchev–Trinajstić information content (AvgIpc) is 3.59. The van der Waals surface area contributed by atoms with Gasteiger partial charge >= 0.3 is 29.6 Å². The third-order valence-electron chi connectivity index (χ3n) is 5.91. The second kappa shape index (κ2) is 8.84. The van der Waals surface area contributed by atoms with Crippen molar-refractivity contribution in [2.24, 2.45) is 16.6 Å². The maximum absolute atomic E-state index is 14.0. The number of amides is 1. The number of rotatable bonds is 5. The summed E-state index contributed by atoms with van der Waals surface area (Å²) in [6, 6.07) is 10.5. The number of nitrogens with zero attached hydrogens (tertiary/aromatic N) is 3. The van der Waals surface area contributed by atoms with Crippen LogP contribution >= 0.6 is 7.52 Å². The molecule has 2 aliphatic heterocycles. The Morgan fingerprint density at radius 2 is 1.97 bits per heavy atom. The normalized spacial score (nSPS) is 24.1. The second-order valence-corrected chi connectivity index (χ2v) is 10.0. The Hall–Kier alpha value is -1.83. The van der Waals surface area contributed by atoms with Gasteiger partial charge in [0, 0.05) is 24.5 Å². The Morgan fingerprint density at radius 1 is 1.22 bits per heavy atom. The molecular weight excluding hydrogens is 443 g/mol. The zero-order valence-electron chi connectivity index (χ0n) is 17.8. The molecule has 3 aliphatic rings. The standard InChI is InChI=1S/C22H20FN3O4P.Na/c1-30-31(29)18-5-3-2-4-16(18)24-21(25-31)19-20(27)15-12-14(23)8-9-17(15)26(22(19)28)11-10-13-6-7-13;/h2-5,8-9,12-13,19H,6-7,10-11H2,1H3;/q-1;+1. The fourth-order valence-corrected chi connectivity index (χ4v) is 5.56. The summed E-state index contributed by atoms with van der Waals surface area (Å²) >= 11 is 0. The quantitative estimate of drug-likeness (QED) is 0.381. The van der Waals surface area contributed by atoms with Crippen molar-refractivity contribution in [2.75, 3.05) is 18.6 Å². The topological polar surface area (TPSA) is 90.1 Å². The van der Waals surface area contributed by atoms with Gasteiger partial charge in [0.1, 0.15) is 11.7 Å². The van der Waals surface area contributed by atoms with Crippen LogP contribution in [-0.4, -0.2) is 31.2 Å². The van der Waals surface area contributed by atoms with E-state index in [-0.39, 0.29) is 41.0 Å². The molecule has 2 unspecified atom stereocenters. The molecule has 7 nitrogen and oxygen atoms in total. The van der Waals surface area contributed by atoms with E-state index in [4.69, 9.17) is 4.52 Å². The van der Waals surface area contributed by atoms with E-state index in [9.17, 15) is 18.5 Å². The van der Waals surface area contributed by atoms with Gasteiger partial charge in [-0.25, -0.2) is 4.39 Å². The Labute approximate surface area is 207 Å². The first-order chi connectivity index (χ1) is 14.9. The van der Waals surface area contributed by atoms with Gasteiger partial charge in [0.05, 0.1) is 5.69 Å². The van der Waals surface area contributed by atoms with Gasteiger partial charge in [0.2, 0.25) is 5.91 Å². The van der Waals surface area contributed by atoms with Gasteiger partial charge in [-0.2, -0.15) is 0 Å². The SMILES string of the molecule is COP1(=O)N=C(C2C(=O)c3cc(F)ccc3N(CCC3CC3)C2=O)[N-]c2ccccc21.[Na+]. The van der Waals surface area contributed by atoms with Crippen molar-refractivity contribution in [1.82, 2.24) is 0 Å². The molecule has 2 heterocycles. The summed E-state index contributed by atoms with van der Waals surface area (Å²) in [6.07, 6.45) is 3.04. The minimum atomic E-state index is -3.70.